The second-order valence-corrected chi connectivity index (χ2v) is 8.23. The standard InChI is InChI=1S/C23H29FN4OS/c1-25-23(27-14-19-8-9-21(24)12-20(19)16-30-2)26-13-17-5-3-6-18(11-17)15-28-10-4-7-22(28)29/h3,5-6,8-9,11-12H,4,7,10,13-16H2,1-2H3,(H2,25,26,27). The molecule has 2 aromatic rings. The first kappa shape index (κ1) is 22.2. The van der Waals surface area contributed by atoms with Crippen LogP contribution in [-0.4, -0.2) is 36.6 Å². The maximum atomic E-state index is 13.5. The van der Waals surface area contributed by atoms with Crippen LogP contribution in [0.4, 0.5) is 4.39 Å². The van der Waals surface area contributed by atoms with Gasteiger partial charge in [0, 0.05) is 45.4 Å². The van der Waals surface area contributed by atoms with E-state index in [9.17, 15) is 9.18 Å². The van der Waals surface area contributed by atoms with Crippen LogP contribution in [0.3, 0.4) is 0 Å². The molecule has 0 bridgehead atoms. The zero-order valence-corrected chi connectivity index (χ0v) is 18.4. The molecule has 0 atom stereocenters. The number of nitrogens with one attached hydrogen (secondary N) is 2. The molecule has 0 aromatic heterocycles. The van der Waals surface area contributed by atoms with Crippen LogP contribution in [-0.2, 0) is 30.2 Å². The molecule has 0 spiro atoms. The minimum atomic E-state index is -0.208. The first-order valence-corrected chi connectivity index (χ1v) is 11.5. The molecular formula is C23H29FN4OS. The van der Waals surface area contributed by atoms with Gasteiger partial charge in [0.15, 0.2) is 5.96 Å². The van der Waals surface area contributed by atoms with Gasteiger partial charge in [0.1, 0.15) is 5.82 Å². The van der Waals surface area contributed by atoms with Crippen molar-refractivity contribution in [3.8, 4) is 0 Å². The van der Waals surface area contributed by atoms with E-state index in [2.05, 4.69) is 33.8 Å². The second-order valence-electron chi connectivity index (χ2n) is 7.36. The van der Waals surface area contributed by atoms with Gasteiger partial charge in [-0.1, -0.05) is 30.3 Å². The van der Waals surface area contributed by atoms with Gasteiger partial charge in [-0.3, -0.25) is 9.79 Å². The molecule has 5 nitrogen and oxygen atoms in total. The number of nitrogens with zero attached hydrogens (tertiary/aromatic N) is 2. The molecule has 2 N–H and O–H groups in total. The normalized spacial score (nSPS) is 14.3. The first-order valence-electron chi connectivity index (χ1n) is 10.2. The number of rotatable bonds is 8. The van der Waals surface area contributed by atoms with E-state index < -0.39 is 0 Å². The van der Waals surface area contributed by atoms with Crippen LogP contribution >= 0.6 is 11.8 Å². The number of benzene rings is 2. The van der Waals surface area contributed by atoms with Gasteiger partial charge in [0.25, 0.3) is 0 Å². The summed E-state index contributed by atoms with van der Waals surface area (Å²) in [5, 5.41) is 6.64. The summed E-state index contributed by atoms with van der Waals surface area (Å²) in [5.74, 6) is 1.49. The molecule has 0 radical (unpaired) electrons. The number of hydrogen-bond donors (Lipinski definition) is 2. The molecule has 0 saturated carbocycles. The predicted octanol–water partition coefficient (Wildman–Crippen LogP) is 3.68. The Kier molecular flexibility index (Phi) is 8.13. The van der Waals surface area contributed by atoms with E-state index in [1.165, 1.54) is 6.07 Å². The molecular weight excluding hydrogens is 399 g/mol. The summed E-state index contributed by atoms with van der Waals surface area (Å²) >= 11 is 1.67. The third-order valence-electron chi connectivity index (χ3n) is 5.13. The van der Waals surface area contributed by atoms with Gasteiger partial charge in [-0.25, -0.2) is 4.39 Å². The van der Waals surface area contributed by atoms with Crippen molar-refractivity contribution < 1.29 is 9.18 Å². The Morgan fingerprint density at radius 3 is 2.67 bits per heavy atom. The molecule has 1 heterocycles. The van der Waals surface area contributed by atoms with Gasteiger partial charge in [0.05, 0.1) is 0 Å². The van der Waals surface area contributed by atoms with Crippen molar-refractivity contribution in [1.29, 1.82) is 0 Å². The molecule has 30 heavy (non-hydrogen) atoms. The molecule has 7 heteroatoms. The number of aliphatic imine (C=N–C) groups is 1. The highest BCUT2D eigenvalue weighted by Gasteiger charge is 2.19. The van der Waals surface area contributed by atoms with Gasteiger partial charge in [-0.05, 0) is 47.1 Å². The number of hydrogen-bond acceptors (Lipinski definition) is 3. The molecule has 2 aromatic carbocycles. The summed E-state index contributed by atoms with van der Waals surface area (Å²) < 4.78 is 13.5. The van der Waals surface area contributed by atoms with Crippen molar-refractivity contribution in [3.63, 3.8) is 0 Å². The van der Waals surface area contributed by atoms with Crippen molar-refractivity contribution in [2.75, 3.05) is 19.8 Å². The van der Waals surface area contributed by atoms with Crippen molar-refractivity contribution in [2.45, 2.75) is 38.2 Å². The molecule has 0 unspecified atom stereocenters. The number of thioether (sulfide) groups is 1. The highest BCUT2D eigenvalue weighted by atomic mass is 32.2. The molecule has 1 saturated heterocycles. The lowest BCUT2D eigenvalue weighted by Crippen LogP contribution is -2.36. The van der Waals surface area contributed by atoms with E-state index in [-0.39, 0.29) is 11.7 Å². The summed E-state index contributed by atoms with van der Waals surface area (Å²) in [4.78, 5) is 18.1. The Labute approximate surface area is 182 Å². The van der Waals surface area contributed by atoms with Gasteiger partial charge in [-0.2, -0.15) is 11.8 Å². The van der Waals surface area contributed by atoms with Gasteiger partial charge in [-0.15, -0.1) is 0 Å². The molecule has 3 rings (SSSR count). The van der Waals surface area contributed by atoms with Crippen LogP contribution in [0.15, 0.2) is 47.5 Å². The molecule has 1 fully saturated rings. The average Bonchev–Trinajstić information content (AvgIpc) is 3.14. The van der Waals surface area contributed by atoms with Crippen molar-refractivity contribution in [3.05, 3.63) is 70.5 Å². The van der Waals surface area contributed by atoms with E-state index in [0.717, 1.165) is 41.0 Å². The average molecular weight is 429 g/mol. The summed E-state index contributed by atoms with van der Waals surface area (Å²) in [5.41, 5.74) is 4.33. The molecule has 1 aliphatic heterocycles. The van der Waals surface area contributed by atoms with E-state index >= 15 is 0 Å². The lowest BCUT2D eigenvalue weighted by atomic mass is 10.1. The van der Waals surface area contributed by atoms with Crippen LogP contribution < -0.4 is 10.6 Å². The molecule has 0 aliphatic carbocycles. The van der Waals surface area contributed by atoms with E-state index in [1.54, 1.807) is 24.9 Å². The topological polar surface area (TPSA) is 56.7 Å². The van der Waals surface area contributed by atoms with Crippen LogP contribution in [0.25, 0.3) is 0 Å². The maximum absolute atomic E-state index is 13.5. The number of carbonyl (C=O) groups is 1. The Morgan fingerprint density at radius 1 is 1.13 bits per heavy atom. The number of halogens is 1. The maximum Gasteiger partial charge on any atom is 0.222 e. The smallest absolute Gasteiger partial charge is 0.222 e. The number of guanidine groups is 1. The third kappa shape index (κ3) is 6.23. The lowest BCUT2D eigenvalue weighted by Gasteiger charge is -2.17. The van der Waals surface area contributed by atoms with Crippen molar-refractivity contribution >= 4 is 23.6 Å². The molecule has 1 amide bonds. The Balaban J connectivity index is 1.54. The Hall–Kier alpha value is -2.54. The lowest BCUT2D eigenvalue weighted by molar-refractivity contribution is -0.128. The quantitative estimate of drug-likeness (QED) is 0.498. The zero-order chi connectivity index (χ0) is 21.3. The number of carbonyl (C=O) groups excluding carboxylic acids is 1. The summed E-state index contributed by atoms with van der Waals surface area (Å²) in [6.45, 7) is 2.72. The van der Waals surface area contributed by atoms with Crippen LogP contribution in [0, 0.1) is 5.82 Å². The fourth-order valence-electron chi connectivity index (χ4n) is 3.57. The minimum absolute atomic E-state index is 0.208. The zero-order valence-electron chi connectivity index (χ0n) is 17.6. The van der Waals surface area contributed by atoms with Gasteiger partial charge >= 0.3 is 0 Å². The Bertz CT molecular complexity index is 903. The van der Waals surface area contributed by atoms with Gasteiger partial charge < -0.3 is 15.5 Å². The summed E-state index contributed by atoms with van der Waals surface area (Å²) in [6, 6.07) is 13.2. The fourth-order valence-corrected chi connectivity index (χ4v) is 4.15. The van der Waals surface area contributed by atoms with E-state index in [4.69, 9.17) is 0 Å². The predicted molar refractivity (Wildman–Crippen MR) is 122 cm³/mol. The SMILES string of the molecule is CN=C(NCc1cccc(CN2CCCC2=O)c1)NCc1ccc(F)cc1CSC. The second kappa shape index (κ2) is 11.0. The van der Waals surface area contributed by atoms with Gasteiger partial charge in [0.2, 0.25) is 5.91 Å². The summed E-state index contributed by atoms with van der Waals surface area (Å²) in [7, 11) is 1.73. The van der Waals surface area contributed by atoms with Crippen LogP contribution in [0.2, 0.25) is 0 Å². The van der Waals surface area contributed by atoms with Crippen molar-refractivity contribution in [1.82, 2.24) is 15.5 Å². The van der Waals surface area contributed by atoms with Crippen LogP contribution in [0.1, 0.15) is 35.1 Å². The van der Waals surface area contributed by atoms with E-state index in [1.807, 2.05) is 23.3 Å². The highest BCUT2D eigenvalue weighted by molar-refractivity contribution is 7.97. The van der Waals surface area contributed by atoms with E-state index in [0.29, 0.717) is 32.0 Å². The fraction of sp³-hybridized carbons (Fsp3) is 0.391. The van der Waals surface area contributed by atoms with Crippen molar-refractivity contribution in [2.24, 2.45) is 4.99 Å². The Morgan fingerprint density at radius 2 is 1.93 bits per heavy atom. The minimum Gasteiger partial charge on any atom is -0.352 e. The molecule has 1 aliphatic rings. The third-order valence-corrected chi connectivity index (χ3v) is 5.73. The highest BCUT2D eigenvalue weighted by Crippen LogP contribution is 2.17. The van der Waals surface area contributed by atoms with Crippen LogP contribution in [0.5, 0.6) is 0 Å². The number of likely N-dealkylation sites (tertiary alicyclic amines) is 1. The number of amides is 1. The monoisotopic (exact) mass is 428 g/mol. The summed E-state index contributed by atoms with van der Waals surface area (Å²) in [6.07, 6.45) is 3.63. The molecule has 160 valence electrons. The first-order chi connectivity index (χ1) is 14.6. The largest absolute Gasteiger partial charge is 0.352 e.